The molecule has 20 heavy (non-hydrogen) atoms. The molecule has 0 aliphatic carbocycles. The highest BCUT2D eigenvalue weighted by Gasteiger charge is 2.29. The number of hydrogen-bond donors (Lipinski definition) is 1. The third-order valence-corrected chi connectivity index (χ3v) is 3.07. The summed E-state index contributed by atoms with van der Waals surface area (Å²) in [6, 6.07) is 6.23. The zero-order chi connectivity index (χ0) is 15.1. The first kappa shape index (κ1) is 16.4. The van der Waals surface area contributed by atoms with Crippen LogP contribution in [0.5, 0.6) is 5.75 Å². The second-order valence-corrected chi connectivity index (χ2v) is 4.32. The fourth-order valence-electron chi connectivity index (χ4n) is 2.04. The molecule has 0 saturated heterocycles. The van der Waals surface area contributed by atoms with E-state index in [1.54, 1.807) is 36.2 Å². The third-order valence-electron chi connectivity index (χ3n) is 3.07. The average molecular weight is 283 g/mol. The van der Waals surface area contributed by atoms with E-state index in [4.69, 9.17) is 14.2 Å². The zero-order valence-corrected chi connectivity index (χ0v) is 12.2. The number of para-hydroxylation sites is 1. The van der Waals surface area contributed by atoms with Crippen LogP contribution in [0, 0.1) is 0 Å². The van der Waals surface area contributed by atoms with E-state index in [2.05, 4.69) is 0 Å². The highest BCUT2D eigenvalue weighted by molar-refractivity contribution is 5.76. The molecule has 0 aliphatic rings. The van der Waals surface area contributed by atoms with Gasteiger partial charge in [0.25, 0.3) is 0 Å². The van der Waals surface area contributed by atoms with Gasteiger partial charge in [0.05, 0.1) is 13.7 Å². The van der Waals surface area contributed by atoms with Crippen LogP contribution in [-0.2, 0) is 14.3 Å². The van der Waals surface area contributed by atoms with Gasteiger partial charge in [-0.2, -0.15) is 0 Å². The number of carboxylic acid groups (broad SMARTS) is 1. The van der Waals surface area contributed by atoms with E-state index >= 15 is 0 Å². The molecule has 1 N–H and O–H groups in total. The van der Waals surface area contributed by atoms with Gasteiger partial charge in [-0.25, -0.2) is 0 Å². The van der Waals surface area contributed by atoms with Crippen molar-refractivity contribution in [2.24, 2.45) is 0 Å². The van der Waals surface area contributed by atoms with Gasteiger partial charge >= 0.3 is 5.97 Å². The Labute approximate surface area is 118 Å². The van der Waals surface area contributed by atoms with Crippen LogP contribution in [-0.4, -0.2) is 57.2 Å². The lowest BCUT2D eigenvalue weighted by Crippen LogP contribution is -2.38. The average Bonchev–Trinajstić information content (AvgIpc) is 2.45. The minimum atomic E-state index is -0.956. The lowest BCUT2D eigenvalue weighted by atomic mass is 10.0. The SMILES string of the molecule is COc1ccccc1C(C(=O)O)N(C)CC(OC)OC. The number of ether oxygens (including phenoxy) is 3. The molecule has 1 rings (SSSR count). The highest BCUT2D eigenvalue weighted by Crippen LogP contribution is 2.29. The first-order valence-corrected chi connectivity index (χ1v) is 6.16. The normalized spacial score (nSPS) is 12.7. The lowest BCUT2D eigenvalue weighted by molar-refractivity contribution is -0.148. The van der Waals surface area contributed by atoms with Crippen molar-refractivity contribution in [2.75, 3.05) is 34.9 Å². The molecule has 1 atom stereocenters. The van der Waals surface area contributed by atoms with E-state index < -0.39 is 18.3 Å². The van der Waals surface area contributed by atoms with Crippen LogP contribution in [0.4, 0.5) is 0 Å². The molecular formula is C14H21NO5. The van der Waals surface area contributed by atoms with E-state index in [0.29, 0.717) is 17.9 Å². The maximum atomic E-state index is 11.6. The molecule has 0 radical (unpaired) electrons. The number of hydrogen-bond acceptors (Lipinski definition) is 5. The summed E-state index contributed by atoms with van der Waals surface area (Å²) in [6.45, 7) is 0.321. The second-order valence-electron chi connectivity index (χ2n) is 4.32. The van der Waals surface area contributed by atoms with Gasteiger partial charge in [0.1, 0.15) is 11.8 Å². The van der Waals surface area contributed by atoms with Gasteiger partial charge in [0, 0.05) is 19.8 Å². The highest BCUT2D eigenvalue weighted by atomic mass is 16.7. The third kappa shape index (κ3) is 3.93. The fourth-order valence-corrected chi connectivity index (χ4v) is 2.04. The Kier molecular flexibility index (Phi) is 6.44. The standard InChI is InChI=1S/C14H21NO5/c1-15(9-12(19-3)20-4)13(14(16)17)10-7-5-6-8-11(10)18-2/h5-8,12-13H,9H2,1-4H3,(H,16,17). The number of likely N-dealkylation sites (N-methyl/N-ethyl adjacent to an activating group) is 1. The molecular weight excluding hydrogens is 262 g/mol. The number of carbonyl (C=O) groups is 1. The molecule has 1 unspecified atom stereocenters. The molecule has 6 nitrogen and oxygen atoms in total. The molecule has 1 aromatic carbocycles. The van der Waals surface area contributed by atoms with Crippen molar-refractivity contribution in [3.63, 3.8) is 0 Å². The van der Waals surface area contributed by atoms with Crippen molar-refractivity contribution in [1.29, 1.82) is 0 Å². The number of carboxylic acids is 1. The van der Waals surface area contributed by atoms with Gasteiger partial charge < -0.3 is 19.3 Å². The fraction of sp³-hybridized carbons (Fsp3) is 0.500. The molecule has 0 amide bonds. The van der Waals surface area contributed by atoms with Gasteiger partial charge in [0.15, 0.2) is 6.29 Å². The van der Waals surface area contributed by atoms with Gasteiger partial charge in [-0.1, -0.05) is 18.2 Å². The summed E-state index contributed by atoms with van der Waals surface area (Å²) in [5.74, 6) is -0.416. The molecule has 0 bridgehead atoms. The smallest absolute Gasteiger partial charge is 0.325 e. The number of aliphatic carboxylic acids is 1. The maximum Gasteiger partial charge on any atom is 0.325 e. The summed E-state index contributed by atoms with van der Waals surface area (Å²) in [7, 11) is 6.25. The topological polar surface area (TPSA) is 68.2 Å². The quantitative estimate of drug-likeness (QED) is 0.727. The summed E-state index contributed by atoms with van der Waals surface area (Å²) < 4.78 is 15.4. The van der Waals surface area contributed by atoms with E-state index in [9.17, 15) is 9.90 Å². The van der Waals surface area contributed by atoms with E-state index in [0.717, 1.165) is 0 Å². The van der Waals surface area contributed by atoms with Crippen LogP contribution >= 0.6 is 0 Å². The summed E-state index contributed by atoms with van der Waals surface area (Å²) in [6.07, 6.45) is -0.489. The molecule has 6 heteroatoms. The van der Waals surface area contributed by atoms with Crippen molar-refractivity contribution >= 4 is 5.97 Å². The van der Waals surface area contributed by atoms with E-state index in [1.165, 1.54) is 21.3 Å². The Balaban J connectivity index is 3.02. The predicted molar refractivity (Wildman–Crippen MR) is 73.8 cm³/mol. The second kappa shape index (κ2) is 7.84. The Bertz CT molecular complexity index is 433. The van der Waals surface area contributed by atoms with Crippen LogP contribution in [0.25, 0.3) is 0 Å². The van der Waals surface area contributed by atoms with Gasteiger partial charge in [0.2, 0.25) is 0 Å². The van der Waals surface area contributed by atoms with Crippen LogP contribution in [0.1, 0.15) is 11.6 Å². The molecule has 0 saturated carbocycles. The summed E-state index contributed by atoms with van der Waals surface area (Å²) in [4.78, 5) is 13.2. The number of nitrogens with zero attached hydrogens (tertiary/aromatic N) is 1. The minimum absolute atomic E-state index is 0.321. The predicted octanol–water partition coefficient (Wildman–Crippen LogP) is 1.37. The maximum absolute atomic E-state index is 11.6. The van der Waals surface area contributed by atoms with Crippen molar-refractivity contribution in [3.8, 4) is 5.75 Å². The van der Waals surface area contributed by atoms with Crippen molar-refractivity contribution in [3.05, 3.63) is 29.8 Å². The Hall–Kier alpha value is -1.63. The molecule has 112 valence electrons. The van der Waals surface area contributed by atoms with Gasteiger partial charge in [-0.05, 0) is 13.1 Å². The molecule has 0 aromatic heterocycles. The van der Waals surface area contributed by atoms with Crippen molar-refractivity contribution < 1.29 is 24.1 Å². The largest absolute Gasteiger partial charge is 0.496 e. The minimum Gasteiger partial charge on any atom is -0.496 e. The van der Waals surface area contributed by atoms with Crippen LogP contribution in [0.15, 0.2) is 24.3 Å². The molecule has 0 aliphatic heterocycles. The summed E-state index contributed by atoms with van der Waals surface area (Å²) >= 11 is 0. The van der Waals surface area contributed by atoms with E-state index in [-0.39, 0.29) is 0 Å². The van der Waals surface area contributed by atoms with Gasteiger partial charge in [-0.3, -0.25) is 9.69 Å². The van der Waals surface area contributed by atoms with E-state index in [1.807, 2.05) is 0 Å². The van der Waals surface area contributed by atoms with Crippen LogP contribution < -0.4 is 4.74 Å². The molecule has 0 heterocycles. The number of benzene rings is 1. The first-order valence-electron chi connectivity index (χ1n) is 6.16. The van der Waals surface area contributed by atoms with Crippen molar-refractivity contribution in [1.82, 2.24) is 4.90 Å². The molecule has 0 fully saturated rings. The van der Waals surface area contributed by atoms with Gasteiger partial charge in [-0.15, -0.1) is 0 Å². The summed E-state index contributed by atoms with van der Waals surface area (Å²) in [5, 5.41) is 9.50. The zero-order valence-electron chi connectivity index (χ0n) is 12.2. The number of methoxy groups -OCH3 is 3. The van der Waals surface area contributed by atoms with Crippen molar-refractivity contribution in [2.45, 2.75) is 12.3 Å². The summed E-state index contributed by atoms with van der Waals surface area (Å²) in [5.41, 5.74) is 0.593. The molecule has 0 spiro atoms. The Morgan fingerprint density at radius 1 is 1.25 bits per heavy atom. The monoisotopic (exact) mass is 283 g/mol. The Morgan fingerprint density at radius 2 is 1.85 bits per heavy atom. The lowest BCUT2D eigenvalue weighted by Gasteiger charge is -2.28. The van der Waals surface area contributed by atoms with Crippen LogP contribution in [0.2, 0.25) is 0 Å². The number of rotatable bonds is 8. The Morgan fingerprint density at radius 3 is 2.35 bits per heavy atom. The first-order chi connectivity index (χ1) is 9.54. The molecule has 1 aromatic rings. The van der Waals surface area contributed by atoms with Crippen LogP contribution in [0.3, 0.4) is 0 Å².